The largest absolute Gasteiger partial charge is 0.317 e. The molecule has 6 heteroatoms. The summed E-state index contributed by atoms with van der Waals surface area (Å²) >= 11 is 0. The standard InChI is InChI=1S/C5H11N.C4H10N2.C4H9N.C3H8N2/c1-2-4-6-5-3-1;1-2-6-4-3-5-1;1-2-4-5-3-1;1-2-5-3-4-1/h6H,1-5H2;5-6H,1-4H2;5H,1-4H2;4-5H,1-3H2. The predicted molar refractivity (Wildman–Crippen MR) is 95.4 cm³/mol. The first-order valence-electron chi connectivity index (χ1n) is 9.24. The molecule has 0 saturated carbocycles. The number of hydrogen-bond donors (Lipinski definition) is 6. The Morgan fingerprint density at radius 3 is 0.773 bits per heavy atom. The van der Waals surface area contributed by atoms with Gasteiger partial charge in [0.1, 0.15) is 0 Å². The third-order valence-electron chi connectivity index (χ3n) is 3.85. The van der Waals surface area contributed by atoms with Gasteiger partial charge < -0.3 is 31.9 Å². The van der Waals surface area contributed by atoms with E-state index in [0.29, 0.717) is 0 Å². The van der Waals surface area contributed by atoms with Crippen molar-refractivity contribution < 1.29 is 0 Å². The minimum atomic E-state index is 1.00. The zero-order chi connectivity index (χ0) is 15.6. The highest BCUT2D eigenvalue weighted by atomic mass is 15.1. The first-order valence-corrected chi connectivity index (χ1v) is 9.24. The van der Waals surface area contributed by atoms with Crippen molar-refractivity contribution in [1.29, 1.82) is 0 Å². The maximum atomic E-state index is 3.28. The molecule has 0 radical (unpaired) electrons. The fourth-order valence-electron chi connectivity index (χ4n) is 2.47. The number of piperazine rings is 1. The van der Waals surface area contributed by atoms with E-state index < -0.39 is 0 Å². The molecule has 0 amide bonds. The van der Waals surface area contributed by atoms with Gasteiger partial charge in [-0.3, -0.25) is 0 Å². The first kappa shape index (κ1) is 19.8. The fraction of sp³-hybridized carbons (Fsp3) is 1.00. The molecule has 6 N–H and O–H groups in total. The van der Waals surface area contributed by atoms with Crippen molar-refractivity contribution in [1.82, 2.24) is 31.9 Å². The summed E-state index contributed by atoms with van der Waals surface area (Å²) in [5.41, 5.74) is 0. The molecule has 0 aromatic heterocycles. The monoisotopic (exact) mass is 314 g/mol. The lowest BCUT2D eigenvalue weighted by Gasteiger charge is -2.11. The van der Waals surface area contributed by atoms with E-state index in [4.69, 9.17) is 0 Å². The summed E-state index contributed by atoms with van der Waals surface area (Å²) in [6.45, 7) is 12.8. The van der Waals surface area contributed by atoms with E-state index in [2.05, 4.69) is 31.9 Å². The summed E-state index contributed by atoms with van der Waals surface area (Å²) in [7, 11) is 0. The van der Waals surface area contributed by atoms with Gasteiger partial charge in [0.25, 0.3) is 0 Å². The summed E-state index contributed by atoms with van der Waals surface area (Å²) in [6.07, 6.45) is 6.99. The highest BCUT2D eigenvalue weighted by Crippen LogP contribution is 1.96. The van der Waals surface area contributed by atoms with Crippen LogP contribution in [-0.4, -0.2) is 72.1 Å². The van der Waals surface area contributed by atoms with Crippen LogP contribution in [0.5, 0.6) is 0 Å². The molecule has 0 unspecified atom stereocenters. The summed E-state index contributed by atoms with van der Waals surface area (Å²) in [4.78, 5) is 0. The number of piperidine rings is 1. The minimum absolute atomic E-state index is 1.00. The third-order valence-corrected chi connectivity index (χ3v) is 3.85. The smallest absolute Gasteiger partial charge is 0.0455 e. The van der Waals surface area contributed by atoms with Crippen LogP contribution < -0.4 is 31.9 Å². The third kappa shape index (κ3) is 14.7. The second-order valence-corrected chi connectivity index (χ2v) is 5.94. The second-order valence-electron chi connectivity index (χ2n) is 5.94. The molecular weight excluding hydrogens is 276 g/mol. The van der Waals surface area contributed by atoms with Crippen molar-refractivity contribution in [2.75, 3.05) is 72.1 Å². The molecule has 4 aliphatic rings. The average Bonchev–Trinajstić information content (AvgIpc) is 3.37. The lowest BCUT2D eigenvalue weighted by atomic mass is 10.2. The summed E-state index contributed by atoms with van der Waals surface area (Å²) in [6, 6.07) is 0. The first-order chi connectivity index (χ1) is 11.0. The van der Waals surface area contributed by atoms with Gasteiger partial charge in [-0.25, -0.2) is 0 Å². The lowest BCUT2D eigenvalue weighted by Crippen LogP contribution is -2.39. The van der Waals surface area contributed by atoms with Crippen molar-refractivity contribution in [2.45, 2.75) is 32.1 Å². The van der Waals surface area contributed by atoms with Crippen molar-refractivity contribution in [3.63, 3.8) is 0 Å². The molecule has 0 aromatic carbocycles. The molecule has 4 heterocycles. The van der Waals surface area contributed by atoms with Crippen LogP contribution in [0.4, 0.5) is 0 Å². The predicted octanol–water partition coefficient (Wildman–Crippen LogP) is -0.554. The average molecular weight is 315 g/mol. The van der Waals surface area contributed by atoms with Gasteiger partial charge in [-0.1, -0.05) is 6.42 Å². The van der Waals surface area contributed by atoms with Gasteiger partial charge in [0.05, 0.1) is 0 Å². The van der Waals surface area contributed by atoms with E-state index in [9.17, 15) is 0 Å². The summed E-state index contributed by atoms with van der Waals surface area (Å²) in [5, 5.41) is 19.2. The van der Waals surface area contributed by atoms with E-state index >= 15 is 0 Å². The molecule has 4 saturated heterocycles. The van der Waals surface area contributed by atoms with Crippen LogP contribution in [-0.2, 0) is 0 Å². The van der Waals surface area contributed by atoms with E-state index in [1.165, 1.54) is 58.3 Å². The van der Waals surface area contributed by atoms with E-state index in [0.717, 1.165) is 45.9 Å². The topological polar surface area (TPSA) is 72.2 Å². The molecule has 0 aliphatic carbocycles. The van der Waals surface area contributed by atoms with Crippen LogP contribution in [0.15, 0.2) is 0 Å². The quantitative estimate of drug-likeness (QED) is 0.360. The van der Waals surface area contributed by atoms with Gasteiger partial charge in [0.2, 0.25) is 0 Å². The maximum absolute atomic E-state index is 3.28. The van der Waals surface area contributed by atoms with Crippen LogP contribution in [0, 0.1) is 0 Å². The second kappa shape index (κ2) is 17.1. The molecule has 0 spiro atoms. The highest BCUT2D eigenvalue weighted by Gasteiger charge is 1.94. The maximum Gasteiger partial charge on any atom is 0.0455 e. The number of hydrogen-bond acceptors (Lipinski definition) is 6. The Balaban J connectivity index is 0.000000147. The van der Waals surface area contributed by atoms with E-state index in [1.807, 2.05) is 0 Å². The van der Waals surface area contributed by atoms with Gasteiger partial charge in [-0.05, 0) is 51.9 Å². The summed E-state index contributed by atoms with van der Waals surface area (Å²) in [5.74, 6) is 0. The van der Waals surface area contributed by atoms with E-state index in [-0.39, 0.29) is 0 Å². The van der Waals surface area contributed by atoms with Gasteiger partial charge in [0, 0.05) is 45.9 Å². The molecule has 0 atom stereocenters. The van der Waals surface area contributed by atoms with Crippen LogP contribution in [0.2, 0.25) is 0 Å². The fourth-order valence-corrected chi connectivity index (χ4v) is 2.47. The van der Waals surface area contributed by atoms with Gasteiger partial charge in [0.15, 0.2) is 0 Å². The lowest BCUT2D eigenvalue weighted by molar-refractivity contribution is 0.520. The van der Waals surface area contributed by atoms with Crippen LogP contribution >= 0.6 is 0 Å². The molecule has 4 rings (SSSR count). The molecule has 22 heavy (non-hydrogen) atoms. The Morgan fingerprint density at radius 2 is 0.591 bits per heavy atom. The van der Waals surface area contributed by atoms with Crippen molar-refractivity contribution in [2.24, 2.45) is 0 Å². The molecule has 4 fully saturated rings. The zero-order valence-electron chi connectivity index (χ0n) is 14.3. The molecule has 132 valence electrons. The van der Waals surface area contributed by atoms with Gasteiger partial charge in [-0.2, -0.15) is 0 Å². The number of nitrogens with one attached hydrogen (secondary N) is 6. The van der Waals surface area contributed by atoms with Crippen molar-refractivity contribution in [3.05, 3.63) is 0 Å². The molecule has 6 nitrogen and oxygen atoms in total. The van der Waals surface area contributed by atoms with Crippen molar-refractivity contribution >= 4 is 0 Å². The Labute approximate surface area is 137 Å². The normalized spacial score (nSPS) is 24.0. The SMILES string of the molecule is C1CCNC1.C1CCNCC1.C1CNCCN1.C1CNCN1. The minimum Gasteiger partial charge on any atom is -0.317 e. The summed E-state index contributed by atoms with van der Waals surface area (Å²) < 4.78 is 0. The Bertz CT molecular complexity index is 139. The van der Waals surface area contributed by atoms with Crippen LogP contribution in [0.25, 0.3) is 0 Å². The van der Waals surface area contributed by atoms with Crippen LogP contribution in [0.3, 0.4) is 0 Å². The van der Waals surface area contributed by atoms with Crippen LogP contribution in [0.1, 0.15) is 32.1 Å². The van der Waals surface area contributed by atoms with Gasteiger partial charge in [-0.15, -0.1) is 0 Å². The Morgan fingerprint density at radius 1 is 0.273 bits per heavy atom. The molecule has 0 aromatic rings. The van der Waals surface area contributed by atoms with E-state index in [1.54, 1.807) is 0 Å². The Kier molecular flexibility index (Phi) is 15.4. The number of rotatable bonds is 0. The molecule has 0 bridgehead atoms. The molecule has 4 aliphatic heterocycles. The molecular formula is C16H38N6. The zero-order valence-corrected chi connectivity index (χ0v) is 14.3. The van der Waals surface area contributed by atoms with Gasteiger partial charge >= 0.3 is 0 Å². The van der Waals surface area contributed by atoms with Crippen molar-refractivity contribution in [3.8, 4) is 0 Å². The Hall–Kier alpha value is -0.240. The highest BCUT2D eigenvalue weighted by molar-refractivity contribution is 4.59.